The number of hydrogen-bond donors (Lipinski definition) is 2. The fraction of sp³-hybridized carbons (Fsp3) is 0.0667. The highest BCUT2D eigenvalue weighted by molar-refractivity contribution is 5.90. The van der Waals surface area contributed by atoms with Crippen LogP contribution < -0.4 is 5.32 Å². The van der Waals surface area contributed by atoms with Gasteiger partial charge in [-0.1, -0.05) is 18.2 Å². The summed E-state index contributed by atoms with van der Waals surface area (Å²) >= 11 is 0. The molecule has 3 heterocycles. The van der Waals surface area contributed by atoms with Gasteiger partial charge in [-0.2, -0.15) is 4.98 Å². The van der Waals surface area contributed by atoms with Crippen LogP contribution >= 0.6 is 0 Å². The van der Waals surface area contributed by atoms with Crippen LogP contribution in [0.15, 0.2) is 53.7 Å². The van der Waals surface area contributed by atoms with E-state index in [0.29, 0.717) is 11.6 Å². The van der Waals surface area contributed by atoms with E-state index in [1.165, 1.54) is 23.5 Å². The zero-order chi connectivity index (χ0) is 17.1. The van der Waals surface area contributed by atoms with Crippen LogP contribution in [0, 0.1) is 0 Å². The number of aromatic amines is 1. The lowest BCUT2D eigenvalue weighted by atomic mass is 10.2. The van der Waals surface area contributed by atoms with Gasteiger partial charge in [0.05, 0.1) is 12.2 Å². The number of aromatic nitrogens is 7. The van der Waals surface area contributed by atoms with Gasteiger partial charge in [0.1, 0.15) is 18.9 Å². The van der Waals surface area contributed by atoms with Crippen molar-refractivity contribution in [1.29, 1.82) is 0 Å². The Morgan fingerprint density at radius 1 is 1.16 bits per heavy atom. The van der Waals surface area contributed by atoms with E-state index in [0.717, 1.165) is 5.56 Å². The zero-order valence-corrected chi connectivity index (χ0v) is 12.8. The quantitative estimate of drug-likeness (QED) is 0.556. The molecule has 0 aliphatic carbocycles. The molecule has 3 aromatic heterocycles. The molecule has 0 atom stereocenters. The molecular weight excluding hydrogens is 324 g/mol. The van der Waals surface area contributed by atoms with E-state index in [4.69, 9.17) is 4.42 Å². The lowest BCUT2D eigenvalue weighted by Gasteiger charge is -1.98. The van der Waals surface area contributed by atoms with Crippen molar-refractivity contribution in [3.63, 3.8) is 0 Å². The van der Waals surface area contributed by atoms with E-state index >= 15 is 0 Å². The Morgan fingerprint density at radius 3 is 2.76 bits per heavy atom. The highest BCUT2D eigenvalue weighted by Crippen LogP contribution is 2.17. The summed E-state index contributed by atoms with van der Waals surface area (Å²) in [6, 6.07) is 9.51. The smallest absolute Gasteiger partial charge is 0.289 e. The van der Waals surface area contributed by atoms with E-state index < -0.39 is 5.91 Å². The summed E-state index contributed by atoms with van der Waals surface area (Å²) < 4.78 is 6.91. The van der Waals surface area contributed by atoms with Crippen molar-refractivity contribution < 1.29 is 9.21 Å². The number of rotatable bonds is 5. The maximum atomic E-state index is 12.1. The molecule has 4 aromatic rings. The molecule has 0 aliphatic rings. The first kappa shape index (κ1) is 14.8. The molecule has 124 valence electrons. The van der Waals surface area contributed by atoms with Crippen molar-refractivity contribution in [3.05, 3.63) is 60.8 Å². The third-order valence-electron chi connectivity index (χ3n) is 3.34. The number of amides is 1. The fourth-order valence-electron chi connectivity index (χ4n) is 2.13. The van der Waals surface area contributed by atoms with Crippen molar-refractivity contribution in [1.82, 2.24) is 40.2 Å². The molecule has 0 bridgehead atoms. The second kappa shape index (κ2) is 6.35. The Bertz CT molecular complexity index is 974. The van der Waals surface area contributed by atoms with Crippen LogP contribution in [0.3, 0.4) is 0 Å². The lowest BCUT2D eigenvalue weighted by Crippen LogP contribution is -2.24. The molecule has 0 fully saturated rings. The van der Waals surface area contributed by atoms with Crippen LogP contribution in [0.5, 0.6) is 0 Å². The molecule has 4 rings (SSSR count). The van der Waals surface area contributed by atoms with Crippen LogP contribution in [0.4, 0.5) is 0 Å². The first-order valence-electron chi connectivity index (χ1n) is 7.35. The van der Waals surface area contributed by atoms with E-state index in [1.54, 1.807) is 0 Å². The van der Waals surface area contributed by atoms with Crippen LogP contribution in [-0.4, -0.2) is 40.8 Å². The molecule has 0 aliphatic heterocycles. The van der Waals surface area contributed by atoms with Gasteiger partial charge in [0.15, 0.2) is 0 Å². The van der Waals surface area contributed by atoms with Crippen molar-refractivity contribution in [2.45, 2.75) is 6.54 Å². The molecule has 1 aromatic carbocycles. The van der Waals surface area contributed by atoms with Gasteiger partial charge >= 0.3 is 0 Å². The Labute approximate surface area is 141 Å². The summed E-state index contributed by atoms with van der Waals surface area (Å²) in [6.45, 7) is 0.206. The van der Waals surface area contributed by atoms with Crippen LogP contribution in [0.2, 0.25) is 0 Å². The molecule has 0 radical (unpaired) electrons. The van der Waals surface area contributed by atoms with E-state index in [2.05, 4.69) is 35.7 Å². The average Bonchev–Trinajstić information content (AvgIpc) is 3.41. The minimum absolute atomic E-state index is 0.0791. The minimum Gasteiger partial charge on any atom is -0.444 e. The summed E-state index contributed by atoms with van der Waals surface area (Å²) in [5, 5.41) is 16.5. The molecule has 0 saturated carbocycles. The number of H-pyrrole nitrogens is 1. The molecule has 0 saturated heterocycles. The summed E-state index contributed by atoms with van der Waals surface area (Å²) in [5.41, 5.74) is 1.47. The minimum atomic E-state index is -0.406. The van der Waals surface area contributed by atoms with Crippen molar-refractivity contribution in [3.8, 4) is 17.4 Å². The Hall–Kier alpha value is -3.82. The predicted molar refractivity (Wildman–Crippen MR) is 84.4 cm³/mol. The Balaban J connectivity index is 1.40. The van der Waals surface area contributed by atoms with Gasteiger partial charge in [0.2, 0.25) is 11.7 Å². The third-order valence-corrected chi connectivity index (χ3v) is 3.34. The van der Waals surface area contributed by atoms with E-state index in [1.807, 2.05) is 30.3 Å². The fourth-order valence-corrected chi connectivity index (χ4v) is 2.13. The van der Waals surface area contributed by atoms with Crippen LogP contribution in [0.1, 0.15) is 16.3 Å². The summed E-state index contributed by atoms with van der Waals surface area (Å²) in [7, 11) is 0. The standard InChI is InChI=1S/C15H12N8O2/c24-13(12-20-15(22-21-12)23-8-17-18-9-23)16-6-11-7-25-14(19-11)10-4-2-1-3-5-10/h1-5,7-9H,6H2,(H,16,24)(H,20,21,22). The predicted octanol–water partition coefficient (Wildman–Crippen LogP) is 0.970. The number of carbonyl (C=O) groups is 1. The number of nitrogens with zero attached hydrogens (tertiary/aromatic N) is 6. The number of oxazole rings is 1. The van der Waals surface area contributed by atoms with Gasteiger partial charge in [-0.25, -0.2) is 4.98 Å². The first-order valence-corrected chi connectivity index (χ1v) is 7.35. The van der Waals surface area contributed by atoms with Gasteiger partial charge in [0, 0.05) is 5.56 Å². The Kier molecular flexibility index (Phi) is 3.75. The molecule has 0 unspecified atom stereocenters. The largest absolute Gasteiger partial charge is 0.444 e. The summed E-state index contributed by atoms with van der Waals surface area (Å²) in [4.78, 5) is 20.6. The summed E-state index contributed by atoms with van der Waals surface area (Å²) in [5.74, 6) is 0.453. The van der Waals surface area contributed by atoms with Gasteiger partial charge in [-0.15, -0.1) is 15.3 Å². The maximum Gasteiger partial charge on any atom is 0.289 e. The van der Waals surface area contributed by atoms with Gasteiger partial charge in [-0.3, -0.25) is 14.5 Å². The molecule has 0 spiro atoms. The van der Waals surface area contributed by atoms with Gasteiger partial charge < -0.3 is 9.73 Å². The Morgan fingerprint density at radius 2 is 1.96 bits per heavy atom. The lowest BCUT2D eigenvalue weighted by molar-refractivity contribution is 0.0940. The molecule has 10 nitrogen and oxygen atoms in total. The number of hydrogen-bond acceptors (Lipinski definition) is 7. The number of nitrogens with one attached hydrogen (secondary N) is 2. The molecule has 1 amide bonds. The van der Waals surface area contributed by atoms with Crippen molar-refractivity contribution in [2.75, 3.05) is 0 Å². The maximum absolute atomic E-state index is 12.1. The van der Waals surface area contributed by atoms with Gasteiger partial charge in [-0.05, 0) is 12.1 Å². The topological polar surface area (TPSA) is 127 Å². The third kappa shape index (κ3) is 3.13. The highest BCUT2D eigenvalue weighted by Gasteiger charge is 2.14. The molecule has 2 N–H and O–H groups in total. The van der Waals surface area contributed by atoms with Crippen LogP contribution in [0.25, 0.3) is 17.4 Å². The normalized spacial score (nSPS) is 10.7. The van der Waals surface area contributed by atoms with E-state index in [9.17, 15) is 4.79 Å². The van der Waals surface area contributed by atoms with Gasteiger partial charge in [0.25, 0.3) is 11.9 Å². The van der Waals surface area contributed by atoms with Crippen molar-refractivity contribution >= 4 is 5.91 Å². The van der Waals surface area contributed by atoms with Crippen molar-refractivity contribution in [2.24, 2.45) is 0 Å². The molecular formula is C15H12N8O2. The monoisotopic (exact) mass is 336 g/mol. The molecule has 10 heteroatoms. The van der Waals surface area contributed by atoms with Crippen LogP contribution in [-0.2, 0) is 6.54 Å². The second-order valence-corrected chi connectivity index (χ2v) is 5.05. The second-order valence-electron chi connectivity index (χ2n) is 5.05. The average molecular weight is 336 g/mol. The molecule has 25 heavy (non-hydrogen) atoms. The highest BCUT2D eigenvalue weighted by atomic mass is 16.3. The first-order chi connectivity index (χ1) is 12.3. The summed E-state index contributed by atoms with van der Waals surface area (Å²) in [6.07, 6.45) is 4.38. The number of benzene rings is 1. The SMILES string of the molecule is O=C(NCc1coc(-c2ccccc2)n1)c1nc(-n2cnnc2)n[nH]1. The zero-order valence-electron chi connectivity index (χ0n) is 12.8. The number of carbonyl (C=O) groups excluding carboxylic acids is 1. The van der Waals surface area contributed by atoms with E-state index in [-0.39, 0.29) is 18.3 Å².